The number of nitrogens with one attached hydrogen (secondary N) is 1. The number of rotatable bonds is 5. The first-order valence-electron chi connectivity index (χ1n) is 8.31. The Morgan fingerprint density at radius 1 is 1.24 bits per heavy atom. The van der Waals surface area contributed by atoms with E-state index >= 15 is 0 Å². The summed E-state index contributed by atoms with van der Waals surface area (Å²) in [4.78, 5) is 20.8. The lowest BCUT2D eigenvalue weighted by Crippen LogP contribution is -2.34. The van der Waals surface area contributed by atoms with E-state index in [-0.39, 0.29) is 11.9 Å². The Morgan fingerprint density at radius 3 is 2.72 bits per heavy atom. The maximum absolute atomic E-state index is 12.9. The van der Waals surface area contributed by atoms with Crippen molar-refractivity contribution in [1.82, 2.24) is 15.2 Å². The third-order valence-corrected chi connectivity index (χ3v) is 5.26. The second-order valence-corrected chi connectivity index (χ2v) is 7.52. The van der Waals surface area contributed by atoms with Crippen LogP contribution in [0.3, 0.4) is 0 Å². The molecule has 4 nitrogen and oxygen atoms in total. The first-order chi connectivity index (χ1) is 12.0. The van der Waals surface area contributed by atoms with E-state index in [1.54, 1.807) is 11.3 Å². The summed E-state index contributed by atoms with van der Waals surface area (Å²) in [6.45, 7) is 4.52. The van der Waals surface area contributed by atoms with Gasteiger partial charge in [0.15, 0.2) is 0 Å². The molecule has 0 aliphatic carbocycles. The van der Waals surface area contributed by atoms with E-state index < -0.39 is 0 Å². The van der Waals surface area contributed by atoms with Gasteiger partial charge in [0, 0.05) is 22.5 Å². The fourth-order valence-corrected chi connectivity index (χ4v) is 3.89. The quantitative estimate of drug-likeness (QED) is 0.755. The molecule has 0 fully saturated rings. The molecule has 0 aliphatic rings. The standard InChI is InChI=1S/C20H23N3OS/c1-13-7-8-17-15(10-13)16(11-14(2)22-17)20(24)21-12-18(23(3)4)19-6-5-9-25-19/h5-11,18H,12H2,1-4H3,(H,21,24). The first-order valence-corrected chi connectivity index (χ1v) is 9.19. The molecule has 0 bridgehead atoms. The van der Waals surface area contributed by atoms with E-state index in [9.17, 15) is 4.79 Å². The van der Waals surface area contributed by atoms with Crippen LogP contribution in [0.5, 0.6) is 0 Å². The number of carbonyl (C=O) groups is 1. The number of fused-ring (bicyclic) bond motifs is 1. The fraction of sp³-hybridized carbons (Fsp3) is 0.300. The summed E-state index contributed by atoms with van der Waals surface area (Å²) in [5, 5.41) is 6.07. The molecule has 0 spiro atoms. The van der Waals surface area contributed by atoms with Crippen molar-refractivity contribution in [1.29, 1.82) is 0 Å². The highest BCUT2D eigenvalue weighted by Gasteiger charge is 2.18. The van der Waals surface area contributed by atoms with Crippen LogP contribution in [0.25, 0.3) is 10.9 Å². The van der Waals surface area contributed by atoms with Gasteiger partial charge in [-0.1, -0.05) is 17.7 Å². The van der Waals surface area contributed by atoms with Crippen molar-refractivity contribution in [3.8, 4) is 0 Å². The van der Waals surface area contributed by atoms with Gasteiger partial charge in [-0.2, -0.15) is 0 Å². The summed E-state index contributed by atoms with van der Waals surface area (Å²) in [5.74, 6) is -0.0514. The molecule has 1 N–H and O–H groups in total. The number of amides is 1. The van der Waals surface area contributed by atoms with Crippen LogP contribution in [0.4, 0.5) is 0 Å². The molecule has 3 rings (SSSR count). The Morgan fingerprint density at radius 2 is 2.04 bits per heavy atom. The molecule has 5 heteroatoms. The minimum Gasteiger partial charge on any atom is -0.350 e. The molecule has 25 heavy (non-hydrogen) atoms. The summed E-state index contributed by atoms with van der Waals surface area (Å²) >= 11 is 1.71. The van der Waals surface area contributed by atoms with E-state index in [4.69, 9.17) is 0 Å². The van der Waals surface area contributed by atoms with Gasteiger partial charge in [-0.15, -0.1) is 11.3 Å². The number of aromatic nitrogens is 1. The van der Waals surface area contributed by atoms with Gasteiger partial charge in [0.25, 0.3) is 5.91 Å². The van der Waals surface area contributed by atoms with E-state index in [0.717, 1.165) is 22.2 Å². The Kier molecular flexibility index (Phi) is 5.16. The van der Waals surface area contributed by atoms with Gasteiger partial charge in [0.05, 0.1) is 17.1 Å². The van der Waals surface area contributed by atoms with Crippen molar-refractivity contribution >= 4 is 28.1 Å². The van der Waals surface area contributed by atoms with Crippen LogP contribution in [0, 0.1) is 13.8 Å². The average Bonchev–Trinajstić information content (AvgIpc) is 3.08. The minimum absolute atomic E-state index is 0.0514. The van der Waals surface area contributed by atoms with Gasteiger partial charge in [-0.05, 0) is 57.6 Å². The highest BCUT2D eigenvalue weighted by Crippen LogP contribution is 2.23. The number of hydrogen-bond acceptors (Lipinski definition) is 4. The molecule has 130 valence electrons. The maximum atomic E-state index is 12.9. The lowest BCUT2D eigenvalue weighted by atomic mass is 10.0. The number of thiophene rings is 1. The average molecular weight is 353 g/mol. The largest absolute Gasteiger partial charge is 0.350 e. The van der Waals surface area contributed by atoms with E-state index in [0.29, 0.717) is 12.1 Å². The Bertz CT molecular complexity index is 887. The molecule has 0 saturated carbocycles. The monoisotopic (exact) mass is 353 g/mol. The normalized spacial score (nSPS) is 12.5. The zero-order valence-corrected chi connectivity index (χ0v) is 15.9. The maximum Gasteiger partial charge on any atom is 0.252 e. The molecular formula is C20H23N3OS. The topological polar surface area (TPSA) is 45.2 Å². The molecule has 1 unspecified atom stereocenters. The van der Waals surface area contributed by atoms with Crippen LogP contribution in [0.1, 0.15) is 32.5 Å². The van der Waals surface area contributed by atoms with Crippen molar-refractivity contribution in [2.24, 2.45) is 0 Å². The van der Waals surface area contributed by atoms with Gasteiger partial charge < -0.3 is 10.2 Å². The summed E-state index contributed by atoms with van der Waals surface area (Å²) in [6, 6.07) is 12.2. The smallest absolute Gasteiger partial charge is 0.252 e. The van der Waals surface area contributed by atoms with E-state index in [1.807, 2.05) is 58.3 Å². The molecular weight excluding hydrogens is 330 g/mol. The van der Waals surface area contributed by atoms with E-state index in [1.165, 1.54) is 4.88 Å². The van der Waals surface area contributed by atoms with Crippen LogP contribution in [0.15, 0.2) is 41.8 Å². The van der Waals surface area contributed by atoms with Gasteiger partial charge in [-0.3, -0.25) is 9.78 Å². The second kappa shape index (κ2) is 7.33. The minimum atomic E-state index is -0.0514. The lowest BCUT2D eigenvalue weighted by Gasteiger charge is -2.23. The van der Waals surface area contributed by atoms with Crippen LogP contribution < -0.4 is 5.32 Å². The number of hydrogen-bond donors (Lipinski definition) is 1. The number of likely N-dealkylation sites (N-methyl/N-ethyl adjacent to an activating group) is 1. The number of nitrogens with zero attached hydrogens (tertiary/aromatic N) is 2. The lowest BCUT2D eigenvalue weighted by molar-refractivity contribution is 0.0944. The van der Waals surface area contributed by atoms with E-state index in [2.05, 4.69) is 26.6 Å². The number of aryl methyl sites for hydroxylation is 2. The molecule has 1 atom stereocenters. The summed E-state index contributed by atoms with van der Waals surface area (Å²) in [7, 11) is 4.07. The summed E-state index contributed by atoms with van der Waals surface area (Å²) in [5.41, 5.74) is 3.52. The Labute approximate surface area is 152 Å². The third kappa shape index (κ3) is 3.89. The zero-order valence-electron chi connectivity index (χ0n) is 15.0. The molecule has 1 amide bonds. The van der Waals surface area contributed by atoms with Crippen molar-refractivity contribution in [3.63, 3.8) is 0 Å². The highest BCUT2D eigenvalue weighted by atomic mass is 32.1. The summed E-state index contributed by atoms with van der Waals surface area (Å²) < 4.78 is 0. The number of benzene rings is 1. The first kappa shape index (κ1) is 17.6. The predicted molar refractivity (Wildman–Crippen MR) is 104 cm³/mol. The molecule has 3 aromatic rings. The van der Waals surface area contributed by atoms with Crippen molar-refractivity contribution in [3.05, 3.63) is 63.5 Å². The fourth-order valence-electron chi connectivity index (χ4n) is 2.96. The zero-order chi connectivity index (χ0) is 18.0. The van der Waals surface area contributed by atoms with Crippen LogP contribution >= 0.6 is 11.3 Å². The number of carbonyl (C=O) groups excluding carboxylic acids is 1. The van der Waals surface area contributed by atoms with Crippen molar-refractivity contribution < 1.29 is 4.79 Å². The predicted octanol–water partition coefficient (Wildman–Crippen LogP) is 3.95. The highest BCUT2D eigenvalue weighted by molar-refractivity contribution is 7.10. The van der Waals surface area contributed by atoms with Gasteiger partial charge in [0.1, 0.15) is 0 Å². The Hall–Kier alpha value is -2.24. The van der Waals surface area contributed by atoms with Crippen LogP contribution in [0.2, 0.25) is 0 Å². The SMILES string of the molecule is Cc1ccc2nc(C)cc(C(=O)NCC(c3cccs3)N(C)C)c2c1. The molecule has 0 saturated heterocycles. The third-order valence-electron chi connectivity index (χ3n) is 4.29. The van der Waals surface area contributed by atoms with Gasteiger partial charge >= 0.3 is 0 Å². The van der Waals surface area contributed by atoms with Gasteiger partial charge in [0.2, 0.25) is 0 Å². The molecule has 2 aromatic heterocycles. The molecule has 2 heterocycles. The number of pyridine rings is 1. The summed E-state index contributed by atoms with van der Waals surface area (Å²) in [6.07, 6.45) is 0. The second-order valence-electron chi connectivity index (χ2n) is 6.54. The van der Waals surface area contributed by atoms with Crippen molar-refractivity contribution in [2.45, 2.75) is 19.9 Å². The molecule has 1 aromatic carbocycles. The van der Waals surface area contributed by atoms with Crippen molar-refractivity contribution in [2.75, 3.05) is 20.6 Å². The van der Waals surface area contributed by atoms with Crippen LogP contribution in [-0.4, -0.2) is 36.4 Å². The Balaban J connectivity index is 1.86. The molecule has 0 aliphatic heterocycles. The van der Waals surface area contributed by atoms with Crippen LogP contribution in [-0.2, 0) is 0 Å². The van der Waals surface area contributed by atoms with Gasteiger partial charge in [-0.25, -0.2) is 0 Å². The molecule has 0 radical (unpaired) electrons.